The molecule has 4 nitrogen and oxygen atoms in total. The van der Waals surface area contributed by atoms with Crippen molar-refractivity contribution in [2.75, 3.05) is 20.0 Å². The Balaban J connectivity index is 1.51. The standard InChI is InChI=1S/C14H22O4/c1-8-9(2)12-3-10(8)4-13(12)14(15)17-6-11-5-16-7-18-11/h8-13H,3-7H2,1-2H3. The number of rotatable bonds is 3. The molecule has 3 fully saturated rings. The van der Waals surface area contributed by atoms with E-state index in [0.29, 0.717) is 31.8 Å². The minimum absolute atomic E-state index is 0.0169. The Hall–Kier alpha value is -0.610. The Morgan fingerprint density at radius 3 is 2.72 bits per heavy atom. The van der Waals surface area contributed by atoms with Gasteiger partial charge in [0, 0.05) is 0 Å². The molecule has 6 atom stereocenters. The Bertz CT molecular complexity index is 322. The van der Waals surface area contributed by atoms with Crippen molar-refractivity contribution in [3.8, 4) is 0 Å². The number of hydrogen-bond donors (Lipinski definition) is 0. The summed E-state index contributed by atoms with van der Waals surface area (Å²) in [4.78, 5) is 12.1. The van der Waals surface area contributed by atoms with E-state index < -0.39 is 0 Å². The smallest absolute Gasteiger partial charge is 0.309 e. The molecular weight excluding hydrogens is 232 g/mol. The fraction of sp³-hybridized carbons (Fsp3) is 0.929. The summed E-state index contributed by atoms with van der Waals surface area (Å²) < 4.78 is 15.8. The zero-order valence-corrected chi connectivity index (χ0v) is 11.1. The van der Waals surface area contributed by atoms with Gasteiger partial charge in [-0.3, -0.25) is 4.79 Å². The van der Waals surface area contributed by atoms with Crippen molar-refractivity contribution in [2.45, 2.75) is 32.8 Å². The van der Waals surface area contributed by atoms with Crippen LogP contribution in [0.15, 0.2) is 0 Å². The van der Waals surface area contributed by atoms with E-state index in [2.05, 4.69) is 13.8 Å². The topological polar surface area (TPSA) is 44.8 Å². The molecule has 2 bridgehead atoms. The van der Waals surface area contributed by atoms with Crippen LogP contribution in [0.2, 0.25) is 0 Å². The van der Waals surface area contributed by atoms with E-state index in [0.717, 1.165) is 18.3 Å². The van der Waals surface area contributed by atoms with Crippen molar-refractivity contribution in [3.63, 3.8) is 0 Å². The molecule has 0 amide bonds. The van der Waals surface area contributed by atoms with Gasteiger partial charge in [0.1, 0.15) is 19.5 Å². The van der Waals surface area contributed by atoms with Crippen LogP contribution in [0.4, 0.5) is 0 Å². The highest BCUT2D eigenvalue weighted by Crippen LogP contribution is 2.55. The average Bonchev–Trinajstić information content (AvgIpc) is 3.06. The third-order valence-corrected chi connectivity index (χ3v) is 5.30. The van der Waals surface area contributed by atoms with Crippen molar-refractivity contribution in [2.24, 2.45) is 29.6 Å². The van der Waals surface area contributed by atoms with Crippen LogP contribution in [0, 0.1) is 29.6 Å². The lowest BCUT2D eigenvalue weighted by Crippen LogP contribution is -2.32. The first-order chi connectivity index (χ1) is 8.66. The fourth-order valence-electron chi connectivity index (χ4n) is 3.96. The van der Waals surface area contributed by atoms with E-state index in [9.17, 15) is 4.79 Å². The van der Waals surface area contributed by atoms with Crippen LogP contribution < -0.4 is 0 Å². The molecule has 0 N–H and O–H groups in total. The van der Waals surface area contributed by atoms with Crippen LogP contribution in [0.25, 0.3) is 0 Å². The molecule has 1 aliphatic heterocycles. The van der Waals surface area contributed by atoms with Crippen molar-refractivity contribution >= 4 is 5.97 Å². The molecule has 1 heterocycles. The second-order valence-corrected chi connectivity index (χ2v) is 6.13. The zero-order valence-electron chi connectivity index (χ0n) is 11.1. The van der Waals surface area contributed by atoms with Gasteiger partial charge >= 0.3 is 5.97 Å². The lowest BCUT2D eigenvalue weighted by Gasteiger charge is -2.30. The minimum Gasteiger partial charge on any atom is -0.463 e. The molecule has 0 aromatic heterocycles. The van der Waals surface area contributed by atoms with Gasteiger partial charge in [0.2, 0.25) is 0 Å². The normalized spacial score (nSPS) is 46.6. The summed E-state index contributed by atoms with van der Waals surface area (Å²) in [5, 5.41) is 0. The first kappa shape index (κ1) is 12.4. The summed E-state index contributed by atoms with van der Waals surface area (Å²) in [6.45, 7) is 5.81. The van der Waals surface area contributed by atoms with Gasteiger partial charge in [0.25, 0.3) is 0 Å². The zero-order chi connectivity index (χ0) is 12.7. The van der Waals surface area contributed by atoms with Gasteiger partial charge in [0.05, 0.1) is 12.5 Å². The van der Waals surface area contributed by atoms with Gasteiger partial charge < -0.3 is 14.2 Å². The molecule has 2 saturated carbocycles. The number of carbonyl (C=O) groups excluding carboxylic acids is 1. The van der Waals surface area contributed by atoms with Crippen LogP contribution in [-0.4, -0.2) is 32.1 Å². The highest BCUT2D eigenvalue weighted by Gasteiger charge is 2.51. The second kappa shape index (κ2) is 4.82. The van der Waals surface area contributed by atoms with Crippen LogP contribution in [0.3, 0.4) is 0 Å². The molecule has 2 aliphatic carbocycles. The molecule has 3 aliphatic rings. The van der Waals surface area contributed by atoms with Crippen molar-refractivity contribution < 1.29 is 19.0 Å². The molecule has 6 unspecified atom stereocenters. The number of ether oxygens (including phenoxy) is 3. The lowest BCUT2D eigenvalue weighted by molar-refractivity contribution is -0.154. The van der Waals surface area contributed by atoms with Gasteiger partial charge in [-0.2, -0.15) is 0 Å². The number of carbonyl (C=O) groups is 1. The number of fused-ring (bicyclic) bond motifs is 2. The predicted octanol–water partition coefficient (Wildman–Crippen LogP) is 1.83. The summed E-state index contributed by atoms with van der Waals surface area (Å²) >= 11 is 0. The highest BCUT2D eigenvalue weighted by atomic mass is 16.7. The van der Waals surface area contributed by atoms with Crippen LogP contribution >= 0.6 is 0 Å². The number of esters is 1. The van der Waals surface area contributed by atoms with Crippen LogP contribution in [-0.2, 0) is 19.0 Å². The van der Waals surface area contributed by atoms with Gasteiger partial charge in [-0.25, -0.2) is 0 Å². The summed E-state index contributed by atoms with van der Waals surface area (Å²) in [5.74, 6) is 2.81. The monoisotopic (exact) mass is 254 g/mol. The van der Waals surface area contributed by atoms with E-state index >= 15 is 0 Å². The maximum atomic E-state index is 12.1. The fourth-order valence-corrected chi connectivity index (χ4v) is 3.96. The Labute approximate surface area is 108 Å². The Morgan fingerprint density at radius 2 is 2.11 bits per heavy atom. The summed E-state index contributed by atoms with van der Waals surface area (Å²) in [6.07, 6.45) is 2.17. The van der Waals surface area contributed by atoms with E-state index in [4.69, 9.17) is 14.2 Å². The third kappa shape index (κ3) is 2.05. The quantitative estimate of drug-likeness (QED) is 0.721. The summed E-state index contributed by atoms with van der Waals surface area (Å²) in [6, 6.07) is 0. The van der Waals surface area contributed by atoms with E-state index in [1.165, 1.54) is 6.42 Å². The first-order valence-corrected chi connectivity index (χ1v) is 7.02. The highest BCUT2D eigenvalue weighted by molar-refractivity contribution is 5.73. The van der Waals surface area contributed by atoms with E-state index in [1.807, 2.05) is 0 Å². The van der Waals surface area contributed by atoms with Gasteiger partial charge in [-0.1, -0.05) is 13.8 Å². The average molecular weight is 254 g/mol. The van der Waals surface area contributed by atoms with Gasteiger partial charge in [-0.15, -0.1) is 0 Å². The maximum absolute atomic E-state index is 12.1. The molecule has 0 aromatic carbocycles. The van der Waals surface area contributed by atoms with Gasteiger partial charge in [0.15, 0.2) is 0 Å². The second-order valence-electron chi connectivity index (χ2n) is 6.13. The molecular formula is C14H22O4. The Kier molecular flexibility index (Phi) is 3.32. The molecule has 102 valence electrons. The molecule has 0 aromatic rings. The SMILES string of the molecule is CC1C2CC(C(=O)OCC3COCO3)C(C2)C1C. The Morgan fingerprint density at radius 1 is 1.28 bits per heavy atom. The summed E-state index contributed by atoms with van der Waals surface area (Å²) in [5.41, 5.74) is 0. The minimum atomic E-state index is -0.0658. The molecule has 4 heteroatoms. The largest absolute Gasteiger partial charge is 0.463 e. The molecule has 18 heavy (non-hydrogen) atoms. The lowest BCUT2D eigenvalue weighted by atomic mass is 9.76. The molecule has 3 rings (SSSR count). The van der Waals surface area contributed by atoms with Crippen molar-refractivity contribution in [1.29, 1.82) is 0 Å². The van der Waals surface area contributed by atoms with Crippen molar-refractivity contribution in [1.82, 2.24) is 0 Å². The molecule has 0 radical (unpaired) electrons. The third-order valence-electron chi connectivity index (χ3n) is 5.30. The van der Waals surface area contributed by atoms with Crippen molar-refractivity contribution in [3.05, 3.63) is 0 Å². The first-order valence-electron chi connectivity index (χ1n) is 7.02. The van der Waals surface area contributed by atoms with E-state index in [1.54, 1.807) is 0 Å². The molecule has 0 spiro atoms. The predicted molar refractivity (Wildman–Crippen MR) is 64.7 cm³/mol. The number of hydrogen-bond acceptors (Lipinski definition) is 4. The van der Waals surface area contributed by atoms with E-state index in [-0.39, 0.29) is 18.0 Å². The van der Waals surface area contributed by atoms with Gasteiger partial charge in [-0.05, 0) is 36.5 Å². The van der Waals surface area contributed by atoms with Crippen LogP contribution in [0.1, 0.15) is 26.7 Å². The van der Waals surface area contributed by atoms with Crippen LogP contribution in [0.5, 0.6) is 0 Å². The summed E-state index contributed by atoms with van der Waals surface area (Å²) in [7, 11) is 0. The molecule has 1 saturated heterocycles. The maximum Gasteiger partial charge on any atom is 0.309 e.